The third-order valence-corrected chi connectivity index (χ3v) is 7.20. The molecule has 0 unspecified atom stereocenters. The number of carbonyl (C=O) groups is 3. The molecule has 1 saturated heterocycles. The molecule has 6 atom stereocenters. The van der Waals surface area contributed by atoms with Gasteiger partial charge in [0, 0.05) is 11.6 Å². The first-order valence-electron chi connectivity index (χ1n) is 10.5. The lowest BCUT2D eigenvalue weighted by atomic mass is 9.63. The first kappa shape index (κ1) is 17.6. The molecule has 2 aromatic rings. The van der Waals surface area contributed by atoms with Gasteiger partial charge in [0.25, 0.3) is 0 Å². The zero-order valence-electron chi connectivity index (χ0n) is 16.3. The Balaban J connectivity index is 1.22. The smallest absolute Gasteiger partial charge is 0.238 e. The predicted octanol–water partition coefficient (Wildman–Crippen LogP) is 3.51. The summed E-state index contributed by atoms with van der Waals surface area (Å²) >= 11 is 0. The highest BCUT2D eigenvalue weighted by atomic mass is 16.5. The van der Waals surface area contributed by atoms with E-state index >= 15 is 0 Å². The van der Waals surface area contributed by atoms with Crippen molar-refractivity contribution in [2.45, 2.75) is 6.42 Å². The number of anilines is 1. The van der Waals surface area contributed by atoms with E-state index in [0.29, 0.717) is 28.8 Å². The Bertz CT molecular complexity index is 1060. The number of imide groups is 1. The van der Waals surface area contributed by atoms with Crippen LogP contribution in [0.4, 0.5) is 5.69 Å². The van der Waals surface area contributed by atoms with Crippen LogP contribution in [0.2, 0.25) is 0 Å². The van der Waals surface area contributed by atoms with E-state index in [9.17, 15) is 14.4 Å². The van der Waals surface area contributed by atoms with E-state index in [1.807, 2.05) is 18.2 Å². The van der Waals surface area contributed by atoms with Crippen LogP contribution in [0.1, 0.15) is 16.8 Å². The molecular weight excluding hydrogens is 378 g/mol. The van der Waals surface area contributed by atoms with Crippen molar-refractivity contribution < 1.29 is 19.1 Å². The molecule has 5 nitrogen and oxygen atoms in total. The van der Waals surface area contributed by atoms with Gasteiger partial charge in [0.1, 0.15) is 5.75 Å². The Morgan fingerprint density at radius 3 is 2.23 bits per heavy atom. The Kier molecular flexibility index (Phi) is 3.76. The van der Waals surface area contributed by atoms with Crippen molar-refractivity contribution in [1.29, 1.82) is 0 Å². The van der Waals surface area contributed by atoms with E-state index in [4.69, 9.17) is 4.74 Å². The largest absolute Gasteiger partial charge is 0.485 e. The molecule has 3 fully saturated rings. The van der Waals surface area contributed by atoms with E-state index in [-0.39, 0.29) is 47.9 Å². The van der Waals surface area contributed by atoms with E-state index in [1.165, 1.54) is 4.90 Å². The Morgan fingerprint density at radius 1 is 0.900 bits per heavy atom. The zero-order valence-corrected chi connectivity index (χ0v) is 16.3. The Labute approximate surface area is 174 Å². The van der Waals surface area contributed by atoms with Gasteiger partial charge in [-0.2, -0.15) is 0 Å². The molecule has 4 aliphatic carbocycles. The van der Waals surface area contributed by atoms with E-state index in [1.54, 1.807) is 36.4 Å². The molecule has 150 valence electrons. The average molecular weight is 399 g/mol. The third kappa shape index (κ3) is 2.51. The van der Waals surface area contributed by atoms with Crippen LogP contribution in [0, 0.1) is 35.5 Å². The van der Waals surface area contributed by atoms with Crippen molar-refractivity contribution in [3.63, 3.8) is 0 Å². The van der Waals surface area contributed by atoms with E-state index < -0.39 is 0 Å². The SMILES string of the molecule is O=C(COc1cccc(N2C(=O)[C@@H]3[C@@H]4C=C[C@@H]([C@H]5C[C@@H]45)[C@@H]3C2=O)c1)c1ccccc1. The van der Waals surface area contributed by atoms with Crippen LogP contribution in [0.15, 0.2) is 66.7 Å². The number of amides is 2. The maximum absolute atomic E-state index is 13.2. The number of carbonyl (C=O) groups excluding carboxylic acids is 3. The number of hydrogen-bond acceptors (Lipinski definition) is 4. The molecule has 5 heteroatoms. The lowest BCUT2D eigenvalue weighted by Gasteiger charge is -2.37. The summed E-state index contributed by atoms with van der Waals surface area (Å²) in [6.45, 7) is -0.0992. The number of ether oxygens (including phenoxy) is 1. The molecule has 0 spiro atoms. The molecular formula is C25H21NO4. The van der Waals surface area contributed by atoms with Gasteiger partial charge in [-0.3, -0.25) is 14.4 Å². The average Bonchev–Trinajstić information content (AvgIpc) is 3.56. The molecule has 30 heavy (non-hydrogen) atoms. The summed E-state index contributed by atoms with van der Waals surface area (Å²) in [5, 5.41) is 0. The number of Topliss-reactive ketones (excluding diaryl/α,β-unsaturated/α-hetero) is 1. The quantitative estimate of drug-likeness (QED) is 0.439. The monoisotopic (exact) mass is 399 g/mol. The van der Waals surface area contributed by atoms with Gasteiger partial charge in [0.15, 0.2) is 12.4 Å². The summed E-state index contributed by atoms with van der Waals surface area (Å²) in [6, 6.07) is 15.9. The summed E-state index contributed by atoms with van der Waals surface area (Å²) < 4.78 is 5.68. The fraction of sp³-hybridized carbons (Fsp3) is 0.320. The van der Waals surface area contributed by atoms with E-state index in [0.717, 1.165) is 6.42 Å². The summed E-state index contributed by atoms with van der Waals surface area (Å²) in [6.07, 6.45) is 5.49. The molecule has 2 amide bonds. The van der Waals surface area contributed by atoms with Crippen LogP contribution in [-0.4, -0.2) is 24.2 Å². The summed E-state index contributed by atoms with van der Waals surface area (Å²) in [5.74, 6) is 1.29. The highest BCUT2D eigenvalue weighted by molar-refractivity contribution is 6.22. The van der Waals surface area contributed by atoms with Gasteiger partial charge in [-0.05, 0) is 42.2 Å². The zero-order chi connectivity index (χ0) is 20.4. The number of allylic oxidation sites excluding steroid dienone is 2. The number of nitrogens with zero attached hydrogens (tertiary/aromatic N) is 1. The highest BCUT2D eigenvalue weighted by Gasteiger charge is 2.67. The van der Waals surface area contributed by atoms with Crippen LogP contribution in [0.5, 0.6) is 5.75 Å². The second-order valence-corrected chi connectivity index (χ2v) is 8.74. The van der Waals surface area contributed by atoms with Gasteiger partial charge in [0.2, 0.25) is 11.8 Å². The molecule has 1 aliphatic heterocycles. The van der Waals surface area contributed by atoms with Crippen LogP contribution in [-0.2, 0) is 9.59 Å². The Morgan fingerprint density at radius 2 is 1.57 bits per heavy atom. The van der Waals surface area contributed by atoms with Crippen LogP contribution < -0.4 is 9.64 Å². The fourth-order valence-electron chi connectivity index (χ4n) is 5.78. The maximum atomic E-state index is 13.2. The van der Waals surface area contributed by atoms with Crippen molar-refractivity contribution >= 4 is 23.3 Å². The normalized spacial score (nSPS) is 32.7. The van der Waals surface area contributed by atoms with Crippen molar-refractivity contribution in [3.05, 3.63) is 72.3 Å². The minimum Gasteiger partial charge on any atom is -0.485 e. The third-order valence-electron chi connectivity index (χ3n) is 7.20. The standard InChI is InChI=1S/C25H21NO4/c27-21(14-5-2-1-3-6-14)13-30-16-8-4-7-15(11-16)26-24(28)22-17-9-10-18(20-12-19(17)20)23(22)25(26)29/h1-11,17-20,22-23H,12-13H2/t17-,18+,19+,20-,22-,23+. The molecule has 0 radical (unpaired) electrons. The molecule has 5 aliphatic rings. The lowest BCUT2D eigenvalue weighted by Crippen LogP contribution is -2.40. The van der Waals surface area contributed by atoms with Crippen molar-refractivity contribution in [2.75, 3.05) is 11.5 Å². The molecule has 2 aromatic carbocycles. The molecule has 7 rings (SSSR count). The van der Waals surface area contributed by atoms with Crippen molar-refractivity contribution in [1.82, 2.24) is 0 Å². The molecule has 1 heterocycles. The van der Waals surface area contributed by atoms with Gasteiger partial charge in [0.05, 0.1) is 17.5 Å². The van der Waals surface area contributed by atoms with Crippen LogP contribution in [0.3, 0.4) is 0 Å². The molecule has 0 N–H and O–H groups in total. The molecule has 0 aromatic heterocycles. The second kappa shape index (κ2) is 6.39. The minimum atomic E-state index is -0.222. The Hall–Kier alpha value is -3.21. The van der Waals surface area contributed by atoms with Gasteiger partial charge in [-0.25, -0.2) is 4.90 Å². The van der Waals surface area contributed by atoms with Crippen molar-refractivity contribution in [3.8, 4) is 5.75 Å². The minimum absolute atomic E-state index is 0.0905. The fourth-order valence-corrected chi connectivity index (χ4v) is 5.78. The van der Waals surface area contributed by atoms with E-state index in [2.05, 4.69) is 12.2 Å². The highest BCUT2D eigenvalue weighted by Crippen LogP contribution is 2.65. The first-order valence-corrected chi connectivity index (χ1v) is 10.5. The molecule has 2 saturated carbocycles. The number of hydrogen-bond donors (Lipinski definition) is 0. The number of rotatable bonds is 5. The maximum Gasteiger partial charge on any atom is 0.238 e. The first-order chi connectivity index (χ1) is 14.6. The van der Waals surface area contributed by atoms with Crippen molar-refractivity contribution in [2.24, 2.45) is 35.5 Å². The summed E-state index contributed by atoms with van der Waals surface area (Å²) in [7, 11) is 0. The summed E-state index contributed by atoms with van der Waals surface area (Å²) in [5.41, 5.74) is 1.11. The predicted molar refractivity (Wildman–Crippen MR) is 110 cm³/mol. The number of ketones is 1. The topological polar surface area (TPSA) is 63.7 Å². The van der Waals surface area contributed by atoms with Gasteiger partial charge in [-0.15, -0.1) is 0 Å². The van der Waals surface area contributed by atoms with Gasteiger partial charge >= 0.3 is 0 Å². The second-order valence-electron chi connectivity index (χ2n) is 8.74. The van der Waals surface area contributed by atoms with Crippen LogP contribution in [0.25, 0.3) is 0 Å². The van der Waals surface area contributed by atoms with Gasteiger partial charge < -0.3 is 4.74 Å². The summed E-state index contributed by atoms with van der Waals surface area (Å²) in [4.78, 5) is 40.1. The molecule has 2 bridgehead atoms. The van der Waals surface area contributed by atoms with Gasteiger partial charge in [-0.1, -0.05) is 48.6 Å². The number of benzene rings is 2. The van der Waals surface area contributed by atoms with Crippen LogP contribution >= 0.6 is 0 Å². The lowest BCUT2D eigenvalue weighted by molar-refractivity contribution is -0.124.